The molecule has 1 radical (unpaired) electrons. The van der Waals surface area contributed by atoms with E-state index in [0.717, 1.165) is 6.21 Å². The van der Waals surface area contributed by atoms with Crippen molar-refractivity contribution in [3.8, 4) is 0 Å². The second-order valence-electron chi connectivity index (χ2n) is 1.97. The summed E-state index contributed by atoms with van der Waals surface area (Å²) in [6.45, 7) is 0. The molecular formula is C5F6N. The molecular weight excluding hydrogens is 188 g/mol. The van der Waals surface area contributed by atoms with Crippen molar-refractivity contribution in [1.29, 1.82) is 0 Å². The van der Waals surface area contributed by atoms with E-state index in [1.165, 1.54) is 0 Å². The molecule has 0 fully saturated rings. The van der Waals surface area contributed by atoms with Crippen LogP contribution in [0.2, 0.25) is 0 Å². The predicted octanol–water partition coefficient (Wildman–Crippen LogP) is 2.33. The van der Waals surface area contributed by atoms with Gasteiger partial charge >= 0.3 is 12.0 Å². The van der Waals surface area contributed by atoms with Gasteiger partial charge in [-0.3, -0.25) is 0 Å². The quantitative estimate of drug-likeness (QED) is 0.408. The van der Waals surface area contributed by atoms with E-state index in [4.69, 9.17) is 0 Å². The van der Waals surface area contributed by atoms with Gasteiger partial charge in [-0.05, 0) is 0 Å². The number of aliphatic imine (C=N–C) groups is 1. The molecule has 0 bridgehead atoms. The summed E-state index contributed by atoms with van der Waals surface area (Å²) in [5.74, 6) is -10.3. The zero-order valence-corrected chi connectivity index (χ0v) is 5.22. The van der Waals surface area contributed by atoms with Gasteiger partial charge in [-0.15, -0.1) is 0 Å². The number of halogens is 6. The number of dihydropyridines is 1. The molecule has 0 amide bonds. The highest BCUT2D eigenvalue weighted by molar-refractivity contribution is 5.78. The Morgan fingerprint density at radius 3 is 2.00 bits per heavy atom. The molecule has 1 rings (SSSR count). The van der Waals surface area contributed by atoms with E-state index in [1.807, 2.05) is 0 Å². The highest BCUT2D eigenvalue weighted by Gasteiger charge is 2.63. The Hall–Kier alpha value is -1.01. The summed E-state index contributed by atoms with van der Waals surface area (Å²) in [5, 5.41) is 0. The standard InChI is InChI=1S/C5F6N/c6-2-1-12-5(10,11)4(8,9)3(2)7. The fraction of sp³-hybridized carbons (Fsp3) is 0.400. The van der Waals surface area contributed by atoms with Gasteiger partial charge in [0.15, 0.2) is 5.83 Å². The zero-order valence-electron chi connectivity index (χ0n) is 5.22. The fourth-order valence-corrected chi connectivity index (χ4v) is 0.508. The monoisotopic (exact) mass is 188 g/mol. The van der Waals surface area contributed by atoms with E-state index in [2.05, 4.69) is 0 Å². The molecule has 1 aliphatic heterocycles. The summed E-state index contributed by atoms with van der Waals surface area (Å²) in [4.78, 5) is 1.74. The summed E-state index contributed by atoms with van der Waals surface area (Å²) in [6.07, 6.45) is 0.811. The molecule has 0 aromatic rings. The lowest BCUT2D eigenvalue weighted by Gasteiger charge is -2.23. The summed E-state index contributed by atoms with van der Waals surface area (Å²) < 4.78 is 72.0. The van der Waals surface area contributed by atoms with Gasteiger partial charge in [0.2, 0.25) is 5.83 Å². The highest BCUT2D eigenvalue weighted by atomic mass is 19.3. The van der Waals surface area contributed by atoms with Gasteiger partial charge in [-0.25, -0.2) is 13.8 Å². The third-order valence-corrected chi connectivity index (χ3v) is 1.14. The molecule has 7 heteroatoms. The van der Waals surface area contributed by atoms with Gasteiger partial charge in [0.25, 0.3) is 0 Å². The van der Waals surface area contributed by atoms with Crippen LogP contribution in [0.5, 0.6) is 0 Å². The summed E-state index contributed by atoms with van der Waals surface area (Å²) >= 11 is 0. The highest BCUT2D eigenvalue weighted by Crippen LogP contribution is 2.44. The first-order valence-electron chi connectivity index (χ1n) is 2.58. The van der Waals surface area contributed by atoms with Crippen molar-refractivity contribution >= 4 is 6.21 Å². The number of alkyl halides is 4. The minimum Gasteiger partial charge on any atom is -0.205 e. The van der Waals surface area contributed by atoms with Crippen molar-refractivity contribution < 1.29 is 26.3 Å². The molecule has 0 saturated heterocycles. The Bertz CT molecular complexity index is 265. The van der Waals surface area contributed by atoms with Crippen molar-refractivity contribution in [1.82, 2.24) is 0 Å². The van der Waals surface area contributed by atoms with E-state index in [0.29, 0.717) is 0 Å². The second-order valence-corrected chi connectivity index (χ2v) is 1.97. The second kappa shape index (κ2) is 2.24. The molecule has 0 aliphatic carbocycles. The lowest BCUT2D eigenvalue weighted by atomic mass is 10.2. The van der Waals surface area contributed by atoms with Gasteiger partial charge < -0.3 is 0 Å². The predicted molar refractivity (Wildman–Crippen MR) is 26.6 cm³/mol. The van der Waals surface area contributed by atoms with Gasteiger partial charge in [0.05, 0.1) is 0 Å². The van der Waals surface area contributed by atoms with Crippen LogP contribution in [0.4, 0.5) is 26.3 Å². The summed E-state index contributed by atoms with van der Waals surface area (Å²) in [6, 6.07) is -4.97. The smallest absolute Gasteiger partial charge is 0.205 e. The molecule has 12 heavy (non-hydrogen) atoms. The average molecular weight is 188 g/mol. The van der Waals surface area contributed by atoms with Crippen LogP contribution in [0.15, 0.2) is 16.6 Å². The molecule has 1 heterocycles. The maximum atomic E-state index is 12.1. The van der Waals surface area contributed by atoms with Crippen LogP contribution in [-0.4, -0.2) is 18.2 Å². The molecule has 0 N–H and O–H groups in total. The first kappa shape index (κ1) is 9.08. The van der Waals surface area contributed by atoms with Gasteiger partial charge in [-0.2, -0.15) is 17.6 Å². The van der Waals surface area contributed by atoms with Gasteiger partial charge in [0, 0.05) is 0 Å². The van der Waals surface area contributed by atoms with Crippen LogP contribution in [-0.2, 0) is 0 Å². The van der Waals surface area contributed by atoms with Crippen molar-refractivity contribution in [3.05, 3.63) is 11.7 Å². The Labute approximate surface area is 62.4 Å². The number of hydrogen-bond acceptors (Lipinski definition) is 1. The van der Waals surface area contributed by atoms with Crippen LogP contribution < -0.4 is 0 Å². The first-order valence-corrected chi connectivity index (χ1v) is 2.58. The molecule has 0 aromatic heterocycles. The minimum absolute atomic E-state index is 0.811. The van der Waals surface area contributed by atoms with Crippen LogP contribution >= 0.6 is 0 Å². The molecule has 0 unspecified atom stereocenters. The van der Waals surface area contributed by atoms with Crippen molar-refractivity contribution in [2.45, 2.75) is 12.0 Å². The van der Waals surface area contributed by atoms with Crippen molar-refractivity contribution in [2.75, 3.05) is 0 Å². The number of hydrogen-bond donors (Lipinski definition) is 0. The Morgan fingerprint density at radius 2 is 1.58 bits per heavy atom. The third kappa shape index (κ3) is 0.997. The molecule has 0 aromatic carbocycles. The Balaban J connectivity index is 3.21. The summed E-state index contributed by atoms with van der Waals surface area (Å²) in [5.41, 5.74) is 0. The molecule has 0 atom stereocenters. The largest absolute Gasteiger partial charge is 0.412 e. The molecule has 67 valence electrons. The maximum absolute atomic E-state index is 12.1. The lowest BCUT2D eigenvalue weighted by molar-refractivity contribution is -0.191. The lowest BCUT2D eigenvalue weighted by Crippen LogP contribution is -2.42. The topological polar surface area (TPSA) is 12.4 Å². The molecule has 1 aliphatic rings. The Morgan fingerprint density at radius 1 is 1.08 bits per heavy atom. The van der Waals surface area contributed by atoms with Crippen molar-refractivity contribution in [2.24, 2.45) is 4.99 Å². The van der Waals surface area contributed by atoms with Crippen molar-refractivity contribution in [3.63, 3.8) is 0 Å². The van der Waals surface area contributed by atoms with Gasteiger partial charge in [-0.1, -0.05) is 0 Å². The van der Waals surface area contributed by atoms with E-state index >= 15 is 0 Å². The number of allylic oxidation sites excluding steroid dienone is 1. The average Bonchev–Trinajstić information content (AvgIpc) is 1.96. The maximum Gasteiger partial charge on any atom is 0.412 e. The van der Waals surface area contributed by atoms with Crippen LogP contribution in [0.1, 0.15) is 0 Å². The van der Waals surface area contributed by atoms with E-state index in [-0.39, 0.29) is 0 Å². The molecule has 0 saturated carbocycles. The SMILES string of the molecule is FC1=C(F)C(F)(F)C(F)(F)N=[C]1. The van der Waals surface area contributed by atoms with Crippen LogP contribution in [0.25, 0.3) is 0 Å². The van der Waals surface area contributed by atoms with Crippen LogP contribution in [0, 0.1) is 0 Å². The Kier molecular flexibility index (Phi) is 1.69. The number of rotatable bonds is 0. The third-order valence-electron chi connectivity index (χ3n) is 1.14. The van der Waals surface area contributed by atoms with E-state index in [1.54, 1.807) is 4.99 Å². The molecule has 1 nitrogen and oxygen atoms in total. The zero-order chi connectivity index (χ0) is 9.57. The number of nitrogens with zero attached hydrogens (tertiary/aromatic N) is 1. The molecule has 0 spiro atoms. The fourth-order valence-electron chi connectivity index (χ4n) is 0.508. The van der Waals surface area contributed by atoms with E-state index in [9.17, 15) is 26.3 Å². The minimum atomic E-state index is -5.22. The summed E-state index contributed by atoms with van der Waals surface area (Å²) in [7, 11) is 0. The van der Waals surface area contributed by atoms with Crippen LogP contribution in [0.3, 0.4) is 0 Å². The first-order chi connectivity index (χ1) is 5.29. The van der Waals surface area contributed by atoms with E-state index < -0.39 is 23.6 Å². The normalized spacial score (nSPS) is 26.2. The van der Waals surface area contributed by atoms with Gasteiger partial charge in [0.1, 0.15) is 6.21 Å².